The topological polar surface area (TPSA) is 106 Å². The van der Waals surface area contributed by atoms with Gasteiger partial charge in [0.05, 0.1) is 36.1 Å². The van der Waals surface area contributed by atoms with Gasteiger partial charge in [-0.05, 0) is 57.7 Å². The van der Waals surface area contributed by atoms with E-state index in [0.29, 0.717) is 60.1 Å². The second-order valence-electron chi connectivity index (χ2n) is 10.2. The smallest absolute Gasteiger partial charge is 0.306 e. The Labute approximate surface area is 218 Å². The van der Waals surface area contributed by atoms with Crippen LogP contribution < -0.4 is 15.8 Å². The highest BCUT2D eigenvalue weighted by Crippen LogP contribution is 2.30. The number of nitrogen functional groups attached to an aromatic ring is 1. The first-order chi connectivity index (χ1) is 17.3. The van der Waals surface area contributed by atoms with Crippen molar-refractivity contribution in [1.29, 1.82) is 0 Å². The van der Waals surface area contributed by atoms with Crippen molar-refractivity contribution in [1.82, 2.24) is 15.1 Å². The zero-order valence-corrected chi connectivity index (χ0v) is 22.1. The molecule has 10 heteroatoms. The number of carbonyl (C=O) groups excluding carboxylic acids is 2. The van der Waals surface area contributed by atoms with Gasteiger partial charge in [0.2, 0.25) is 0 Å². The average Bonchev–Trinajstić information content (AvgIpc) is 2.89. The van der Waals surface area contributed by atoms with Gasteiger partial charge >= 0.3 is 5.97 Å². The number of hydrogen-bond donors (Lipinski definition) is 2. The Bertz CT molecular complexity index is 924. The van der Waals surface area contributed by atoms with Crippen LogP contribution in [0.5, 0.6) is 5.75 Å². The first kappa shape index (κ1) is 27.0. The van der Waals surface area contributed by atoms with Crippen LogP contribution in [0.1, 0.15) is 49.4 Å². The fourth-order valence-corrected chi connectivity index (χ4v) is 5.64. The Hall–Kier alpha value is -2.07. The minimum absolute atomic E-state index is 0.0679. The number of esters is 1. The third-order valence-electron chi connectivity index (χ3n) is 7.73. The Morgan fingerprint density at radius 3 is 2.72 bits per heavy atom. The Balaban J connectivity index is 1.17. The van der Waals surface area contributed by atoms with Crippen LogP contribution in [0.3, 0.4) is 0 Å². The first-order valence-electron chi connectivity index (χ1n) is 13.0. The van der Waals surface area contributed by atoms with Crippen molar-refractivity contribution in [2.24, 2.45) is 5.92 Å². The fraction of sp³-hybridized carbons (Fsp3) is 0.692. The number of piperidine rings is 3. The molecular weight excluding hydrogens is 484 g/mol. The fourth-order valence-electron chi connectivity index (χ4n) is 5.48. The predicted octanol–water partition coefficient (Wildman–Crippen LogP) is 2.56. The molecule has 0 aromatic heterocycles. The number of fused-ring (bicyclic) bond motifs is 3. The maximum Gasteiger partial charge on any atom is 0.306 e. The number of amides is 1. The summed E-state index contributed by atoms with van der Waals surface area (Å²) in [6, 6.07) is 3.38. The number of halogens is 1. The summed E-state index contributed by atoms with van der Waals surface area (Å²) in [5.41, 5.74) is 6.50. The summed E-state index contributed by atoms with van der Waals surface area (Å²) >= 11 is 6.09. The molecule has 0 spiro atoms. The van der Waals surface area contributed by atoms with Gasteiger partial charge in [-0.2, -0.15) is 0 Å². The summed E-state index contributed by atoms with van der Waals surface area (Å²) in [7, 11) is 1.49. The van der Waals surface area contributed by atoms with Crippen LogP contribution in [-0.2, 0) is 14.3 Å². The largest absolute Gasteiger partial charge is 0.496 e. The molecule has 0 aliphatic carbocycles. The molecule has 2 bridgehead atoms. The maximum atomic E-state index is 12.7. The monoisotopic (exact) mass is 522 g/mol. The second kappa shape index (κ2) is 12.4. The van der Waals surface area contributed by atoms with Crippen LogP contribution in [0.15, 0.2) is 12.1 Å². The molecule has 4 aliphatic rings. The van der Waals surface area contributed by atoms with Crippen molar-refractivity contribution in [2.45, 2.75) is 57.3 Å². The number of nitrogens with one attached hydrogen (secondary N) is 1. The molecule has 5 rings (SSSR count). The lowest BCUT2D eigenvalue weighted by molar-refractivity contribution is -0.159. The summed E-state index contributed by atoms with van der Waals surface area (Å²) in [6.07, 6.45) is 4.43. The zero-order valence-electron chi connectivity index (χ0n) is 21.3. The molecule has 4 aliphatic heterocycles. The molecule has 1 unspecified atom stereocenters. The third kappa shape index (κ3) is 6.82. The number of methoxy groups -OCH3 is 1. The molecule has 1 aromatic carbocycles. The number of carbonyl (C=O) groups is 2. The predicted molar refractivity (Wildman–Crippen MR) is 138 cm³/mol. The molecule has 0 radical (unpaired) electrons. The number of anilines is 1. The van der Waals surface area contributed by atoms with Crippen LogP contribution in [0.4, 0.5) is 5.69 Å². The molecule has 0 saturated carbocycles. The summed E-state index contributed by atoms with van der Waals surface area (Å²) in [5.74, 6) is 0.564. The van der Waals surface area contributed by atoms with Crippen molar-refractivity contribution in [3.05, 3.63) is 22.7 Å². The van der Waals surface area contributed by atoms with E-state index in [2.05, 4.69) is 22.0 Å². The highest BCUT2D eigenvalue weighted by atomic mass is 35.5. The molecule has 36 heavy (non-hydrogen) atoms. The molecule has 4 fully saturated rings. The molecule has 4 heterocycles. The SMILES string of the molecule is COc1cc(N)c(Cl)cc1C(=O)NC[C@@H]1CN(C(C)CCCC(=O)O[C@H]2CN3CCC2CC3)CCO1. The van der Waals surface area contributed by atoms with Crippen molar-refractivity contribution >= 4 is 29.2 Å². The van der Waals surface area contributed by atoms with E-state index in [1.54, 1.807) is 6.07 Å². The highest BCUT2D eigenvalue weighted by molar-refractivity contribution is 6.33. The van der Waals surface area contributed by atoms with Crippen LogP contribution in [-0.4, -0.2) is 92.9 Å². The van der Waals surface area contributed by atoms with Crippen LogP contribution in [0.25, 0.3) is 0 Å². The van der Waals surface area contributed by atoms with E-state index >= 15 is 0 Å². The van der Waals surface area contributed by atoms with Gasteiger partial charge in [-0.1, -0.05) is 11.6 Å². The van der Waals surface area contributed by atoms with Gasteiger partial charge in [-0.15, -0.1) is 0 Å². The lowest BCUT2D eigenvalue weighted by Crippen LogP contribution is -2.52. The molecule has 1 aromatic rings. The van der Waals surface area contributed by atoms with E-state index in [4.69, 9.17) is 31.5 Å². The summed E-state index contributed by atoms with van der Waals surface area (Å²) in [6.45, 7) is 7.89. The van der Waals surface area contributed by atoms with Crippen LogP contribution in [0.2, 0.25) is 5.02 Å². The maximum absolute atomic E-state index is 12.7. The van der Waals surface area contributed by atoms with Crippen LogP contribution in [0, 0.1) is 5.92 Å². The molecule has 1 amide bonds. The Kier molecular flexibility index (Phi) is 9.33. The second-order valence-corrected chi connectivity index (χ2v) is 10.6. The van der Waals surface area contributed by atoms with E-state index < -0.39 is 0 Å². The normalized spacial score (nSPS) is 26.9. The Morgan fingerprint density at radius 1 is 1.25 bits per heavy atom. The van der Waals surface area contributed by atoms with Crippen LogP contribution >= 0.6 is 11.6 Å². The standard InChI is InChI=1S/C26H39ClN4O5/c1-17(4-3-5-25(32)36-24-16-30-8-6-18(24)7-9-30)31-10-11-35-19(15-31)14-29-26(33)20-12-21(27)22(28)13-23(20)34-2/h12-13,17-19,24H,3-11,14-16,28H2,1-2H3,(H,29,33)/t17?,19-,24+/m1/s1. The number of nitrogens with two attached hydrogens (primary N) is 1. The number of hydrogen-bond acceptors (Lipinski definition) is 8. The van der Waals surface area contributed by atoms with Crippen molar-refractivity contribution < 1.29 is 23.8 Å². The minimum Gasteiger partial charge on any atom is -0.496 e. The molecular formula is C26H39ClN4O5. The molecule has 4 saturated heterocycles. The number of ether oxygens (including phenoxy) is 3. The van der Waals surface area contributed by atoms with Gasteiger partial charge in [-0.25, -0.2) is 0 Å². The zero-order chi connectivity index (χ0) is 25.7. The van der Waals surface area contributed by atoms with Gasteiger partial charge in [-0.3, -0.25) is 19.4 Å². The molecule has 9 nitrogen and oxygen atoms in total. The van der Waals surface area contributed by atoms with Gasteiger partial charge < -0.3 is 25.3 Å². The number of nitrogens with zero attached hydrogens (tertiary/aromatic N) is 2. The molecule has 200 valence electrons. The highest BCUT2D eigenvalue weighted by Gasteiger charge is 2.36. The van der Waals surface area contributed by atoms with E-state index in [1.165, 1.54) is 13.2 Å². The number of morpholine rings is 1. The lowest BCUT2D eigenvalue weighted by atomic mass is 9.86. The first-order valence-corrected chi connectivity index (χ1v) is 13.4. The lowest BCUT2D eigenvalue weighted by Gasteiger charge is -2.43. The van der Waals surface area contributed by atoms with Crippen molar-refractivity contribution in [3.63, 3.8) is 0 Å². The molecule has 3 N–H and O–H groups in total. The summed E-state index contributed by atoms with van der Waals surface area (Å²) in [5, 5.41) is 3.23. The van der Waals surface area contributed by atoms with E-state index in [9.17, 15) is 9.59 Å². The quantitative estimate of drug-likeness (QED) is 0.357. The van der Waals surface area contributed by atoms with Gasteiger partial charge in [0.25, 0.3) is 5.91 Å². The van der Waals surface area contributed by atoms with E-state index in [0.717, 1.165) is 51.9 Å². The van der Waals surface area contributed by atoms with Gasteiger partial charge in [0.1, 0.15) is 11.9 Å². The minimum atomic E-state index is -0.288. The number of benzene rings is 1. The van der Waals surface area contributed by atoms with Crippen molar-refractivity contribution in [2.75, 3.05) is 58.7 Å². The van der Waals surface area contributed by atoms with Gasteiger partial charge in [0.15, 0.2) is 0 Å². The summed E-state index contributed by atoms with van der Waals surface area (Å²) < 4.78 is 17.0. The third-order valence-corrected chi connectivity index (χ3v) is 8.06. The van der Waals surface area contributed by atoms with Crippen molar-refractivity contribution in [3.8, 4) is 5.75 Å². The average molecular weight is 523 g/mol. The number of rotatable bonds is 10. The molecule has 3 atom stereocenters. The Morgan fingerprint density at radius 2 is 2.03 bits per heavy atom. The van der Waals surface area contributed by atoms with E-state index in [1.807, 2.05) is 0 Å². The van der Waals surface area contributed by atoms with Gasteiger partial charge in [0, 0.05) is 44.7 Å². The van der Waals surface area contributed by atoms with E-state index in [-0.39, 0.29) is 24.1 Å². The summed E-state index contributed by atoms with van der Waals surface area (Å²) in [4.78, 5) is 29.9.